The first kappa shape index (κ1) is 19.4. The maximum Gasteiger partial charge on any atom is 0.261 e. The second-order valence-electron chi connectivity index (χ2n) is 8.23. The monoisotopic (exact) mass is 413 g/mol. The number of halogens is 2. The average molecular weight is 413 g/mol. The maximum absolute atomic E-state index is 13.3. The van der Waals surface area contributed by atoms with E-state index in [0.29, 0.717) is 23.3 Å². The molecule has 0 radical (unpaired) electrons. The van der Waals surface area contributed by atoms with Gasteiger partial charge in [0.1, 0.15) is 5.82 Å². The van der Waals surface area contributed by atoms with Crippen LogP contribution in [0.15, 0.2) is 35.1 Å². The number of aromatic nitrogens is 4. The molecule has 6 nitrogen and oxygen atoms in total. The molecule has 5 rings (SSSR count). The lowest BCUT2D eigenvalue weighted by atomic mass is 10.1. The molecule has 0 spiro atoms. The molecule has 1 aromatic carbocycles. The van der Waals surface area contributed by atoms with Gasteiger partial charge in [-0.15, -0.1) is 0 Å². The van der Waals surface area contributed by atoms with Crippen LogP contribution in [0.5, 0.6) is 0 Å². The van der Waals surface area contributed by atoms with Crippen molar-refractivity contribution in [3.63, 3.8) is 0 Å². The van der Waals surface area contributed by atoms with Gasteiger partial charge in [-0.1, -0.05) is 12.1 Å². The molecular formula is C22H25F2N5O. The van der Waals surface area contributed by atoms with Gasteiger partial charge in [0, 0.05) is 18.8 Å². The number of nitrogens with zero attached hydrogens (tertiary/aromatic N) is 5. The zero-order chi connectivity index (χ0) is 20.7. The van der Waals surface area contributed by atoms with Crippen LogP contribution >= 0.6 is 0 Å². The third-order valence-corrected chi connectivity index (χ3v) is 6.21. The molecule has 1 atom stereocenters. The molecule has 2 aliphatic rings. The molecule has 30 heavy (non-hydrogen) atoms. The summed E-state index contributed by atoms with van der Waals surface area (Å²) in [5.41, 5.74) is 2.44. The lowest BCUT2D eigenvalue weighted by Gasteiger charge is -2.26. The Hall–Kier alpha value is -2.61. The summed E-state index contributed by atoms with van der Waals surface area (Å²) < 4.78 is 29.9. The van der Waals surface area contributed by atoms with Crippen LogP contribution in [0.3, 0.4) is 0 Å². The van der Waals surface area contributed by atoms with E-state index in [1.807, 2.05) is 6.07 Å². The van der Waals surface area contributed by atoms with Gasteiger partial charge in [0.2, 0.25) is 0 Å². The predicted molar refractivity (Wildman–Crippen MR) is 110 cm³/mol. The highest BCUT2D eigenvalue weighted by Gasteiger charge is 2.31. The SMILES string of the molecule is O=c1c2ccccc2nc(C2CCCN2Cc2cc3n(n2)CCCC3)n1CC(F)F. The van der Waals surface area contributed by atoms with Crippen molar-refractivity contribution in [2.24, 2.45) is 0 Å². The van der Waals surface area contributed by atoms with Gasteiger partial charge in [0.15, 0.2) is 0 Å². The first-order valence-corrected chi connectivity index (χ1v) is 10.7. The number of rotatable bonds is 5. The third kappa shape index (κ3) is 3.53. The highest BCUT2D eigenvalue weighted by Crippen LogP contribution is 2.33. The molecule has 0 N–H and O–H groups in total. The van der Waals surface area contributed by atoms with Gasteiger partial charge in [-0.05, 0) is 56.8 Å². The topological polar surface area (TPSA) is 56.0 Å². The second kappa shape index (κ2) is 7.91. The second-order valence-corrected chi connectivity index (χ2v) is 8.23. The Bertz CT molecular complexity index is 1100. The van der Waals surface area contributed by atoms with Crippen molar-refractivity contribution in [2.75, 3.05) is 6.54 Å². The predicted octanol–water partition coefficient (Wildman–Crippen LogP) is 3.53. The van der Waals surface area contributed by atoms with Gasteiger partial charge in [-0.25, -0.2) is 13.8 Å². The number of benzene rings is 1. The quantitative estimate of drug-likeness (QED) is 0.642. The fourth-order valence-electron chi connectivity index (χ4n) is 4.82. The van der Waals surface area contributed by atoms with Crippen LogP contribution in [0, 0.1) is 0 Å². The van der Waals surface area contributed by atoms with Crippen LogP contribution in [0.2, 0.25) is 0 Å². The number of fused-ring (bicyclic) bond motifs is 2. The summed E-state index contributed by atoms with van der Waals surface area (Å²) in [5, 5.41) is 5.13. The van der Waals surface area contributed by atoms with E-state index in [0.717, 1.165) is 44.5 Å². The van der Waals surface area contributed by atoms with Crippen molar-refractivity contribution in [3.8, 4) is 0 Å². The normalized spacial score (nSPS) is 19.6. The van der Waals surface area contributed by atoms with Crippen molar-refractivity contribution in [2.45, 2.75) is 64.2 Å². The average Bonchev–Trinajstić information content (AvgIpc) is 3.36. The van der Waals surface area contributed by atoms with Crippen molar-refractivity contribution < 1.29 is 8.78 Å². The summed E-state index contributed by atoms with van der Waals surface area (Å²) in [6.45, 7) is 1.81. The lowest BCUT2D eigenvalue weighted by Crippen LogP contribution is -2.33. The molecule has 4 heterocycles. The number of likely N-dealkylation sites (tertiary alicyclic amines) is 1. The largest absolute Gasteiger partial charge is 0.289 e. The standard InChI is InChI=1S/C22H25F2N5O/c23-20(24)14-28-21(25-18-8-2-1-7-17(18)22(28)30)19-9-5-10-27(19)13-15-12-16-6-3-4-11-29(16)26-15/h1-2,7-8,12,19-20H,3-6,9-11,13-14H2. The van der Waals surface area contributed by atoms with Gasteiger partial charge >= 0.3 is 0 Å². The summed E-state index contributed by atoms with van der Waals surface area (Å²) >= 11 is 0. The number of para-hydroxylation sites is 1. The van der Waals surface area contributed by atoms with Gasteiger partial charge < -0.3 is 0 Å². The Kier molecular flexibility index (Phi) is 5.10. The summed E-state index contributed by atoms with van der Waals surface area (Å²) in [6.07, 6.45) is 2.52. The van der Waals surface area contributed by atoms with Gasteiger partial charge in [0.25, 0.3) is 12.0 Å². The van der Waals surface area contributed by atoms with Gasteiger partial charge in [-0.3, -0.25) is 18.9 Å². The van der Waals surface area contributed by atoms with Crippen LogP contribution in [-0.2, 0) is 26.1 Å². The van der Waals surface area contributed by atoms with Crippen LogP contribution < -0.4 is 5.56 Å². The van der Waals surface area contributed by atoms with E-state index >= 15 is 0 Å². The molecule has 3 aromatic rings. The zero-order valence-corrected chi connectivity index (χ0v) is 16.8. The Balaban J connectivity index is 1.51. The Morgan fingerprint density at radius 2 is 2.00 bits per heavy atom. The molecule has 0 aliphatic carbocycles. The van der Waals surface area contributed by atoms with Crippen molar-refractivity contribution in [1.29, 1.82) is 0 Å². The van der Waals surface area contributed by atoms with E-state index in [9.17, 15) is 13.6 Å². The molecule has 1 fully saturated rings. The Morgan fingerprint density at radius 1 is 1.13 bits per heavy atom. The number of hydrogen-bond acceptors (Lipinski definition) is 4. The molecule has 1 unspecified atom stereocenters. The molecule has 158 valence electrons. The van der Waals surface area contributed by atoms with E-state index < -0.39 is 13.0 Å². The molecule has 1 saturated heterocycles. The van der Waals surface area contributed by atoms with E-state index in [4.69, 9.17) is 10.1 Å². The summed E-state index contributed by atoms with van der Waals surface area (Å²) in [4.78, 5) is 19.9. The van der Waals surface area contributed by atoms with E-state index in [2.05, 4.69) is 15.6 Å². The van der Waals surface area contributed by atoms with Crippen LogP contribution in [0.25, 0.3) is 10.9 Å². The van der Waals surface area contributed by atoms with Crippen molar-refractivity contribution >= 4 is 10.9 Å². The first-order valence-electron chi connectivity index (χ1n) is 10.7. The van der Waals surface area contributed by atoms with Gasteiger partial charge in [0.05, 0.1) is 29.2 Å². The van der Waals surface area contributed by atoms with Gasteiger partial charge in [-0.2, -0.15) is 5.10 Å². The minimum absolute atomic E-state index is 0.167. The maximum atomic E-state index is 13.3. The van der Waals surface area contributed by atoms with E-state index in [1.54, 1.807) is 18.2 Å². The molecule has 0 bridgehead atoms. The summed E-state index contributed by atoms with van der Waals surface area (Å²) in [6, 6.07) is 8.97. The van der Waals surface area contributed by atoms with Crippen LogP contribution in [-0.4, -0.2) is 37.2 Å². The van der Waals surface area contributed by atoms with Crippen LogP contribution in [0.1, 0.15) is 48.9 Å². The number of aryl methyl sites for hydroxylation is 2. The first-order chi connectivity index (χ1) is 14.6. The van der Waals surface area contributed by atoms with E-state index in [-0.39, 0.29) is 11.6 Å². The molecular weight excluding hydrogens is 388 g/mol. The fraction of sp³-hybridized carbons (Fsp3) is 0.500. The molecule has 2 aliphatic heterocycles. The molecule has 2 aromatic heterocycles. The fourth-order valence-corrected chi connectivity index (χ4v) is 4.82. The molecule has 8 heteroatoms. The highest BCUT2D eigenvalue weighted by molar-refractivity contribution is 5.77. The highest BCUT2D eigenvalue weighted by atomic mass is 19.3. The van der Waals surface area contributed by atoms with Crippen molar-refractivity contribution in [1.82, 2.24) is 24.2 Å². The van der Waals surface area contributed by atoms with Crippen LogP contribution in [0.4, 0.5) is 8.78 Å². The minimum Gasteiger partial charge on any atom is -0.289 e. The molecule has 0 saturated carbocycles. The molecule has 0 amide bonds. The third-order valence-electron chi connectivity index (χ3n) is 6.21. The van der Waals surface area contributed by atoms with Crippen molar-refractivity contribution in [3.05, 3.63) is 57.9 Å². The summed E-state index contributed by atoms with van der Waals surface area (Å²) in [7, 11) is 0. The smallest absolute Gasteiger partial charge is 0.261 e. The summed E-state index contributed by atoms with van der Waals surface area (Å²) in [5.74, 6) is 0.445. The van der Waals surface area contributed by atoms with E-state index in [1.165, 1.54) is 16.7 Å². The number of alkyl halides is 2. The minimum atomic E-state index is -2.61. The zero-order valence-electron chi connectivity index (χ0n) is 16.8. The lowest BCUT2D eigenvalue weighted by molar-refractivity contribution is 0.120. The number of hydrogen-bond donors (Lipinski definition) is 0. The Morgan fingerprint density at radius 3 is 2.83 bits per heavy atom. The Labute approximate surface area is 173 Å².